The van der Waals surface area contributed by atoms with E-state index in [0.717, 1.165) is 141 Å². The van der Waals surface area contributed by atoms with Crippen LogP contribution in [0.15, 0.2) is 194 Å². The standard InChI is InChI=1S/C91H148O5/c1-3-5-7-9-11-13-15-17-19-21-23-25-27-29-31-33-35-37-39-41-43-45-47-49-51-53-55-57-59-61-63-65-67-69-71-73-75-77-79-81-83-85-90(93)95-88-89(87-92)96-91(94)86-84-82-80-78-76-74-72-70-68-66-64-62-60-58-56-54-52-50-48-46-44-42-40-38-36-34-32-30-28-26-24-22-20-18-16-14-12-10-8-6-4-2/h5-8,11-14,17-20,23-26,29-32,35-38,42,44,48,50,54,56,60,62,89,92H,3-4,9-10,15-16,21-22,27-28,33-34,39-41,43,45-47,49,51-53,55,57-59,61,63-88H2,1-2H3/b7-5-,8-6-,13-11-,14-12-,19-17-,20-18-,25-23-,26-24-,31-29-,32-30-,37-35-,38-36-,44-42-,50-48-,56-54-,62-60-. The topological polar surface area (TPSA) is 72.8 Å². The molecule has 0 aliphatic heterocycles. The predicted molar refractivity (Wildman–Crippen MR) is 426 cm³/mol. The van der Waals surface area contributed by atoms with Crippen LogP contribution in [0.1, 0.15) is 348 Å². The number of rotatable bonds is 72. The van der Waals surface area contributed by atoms with E-state index in [1.807, 2.05) is 0 Å². The lowest BCUT2D eigenvalue weighted by molar-refractivity contribution is -0.161. The van der Waals surface area contributed by atoms with E-state index in [0.29, 0.717) is 12.8 Å². The van der Waals surface area contributed by atoms with Crippen molar-refractivity contribution in [3.8, 4) is 0 Å². The summed E-state index contributed by atoms with van der Waals surface area (Å²) < 4.78 is 10.8. The summed E-state index contributed by atoms with van der Waals surface area (Å²) in [5, 5.41) is 9.73. The van der Waals surface area contributed by atoms with Gasteiger partial charge in [0.2, 0.25) is 0 Å². The maximum absolute atomic E-state index is 12.4. The highest BCUT2D eigenvalue weighted by molar-refractivity contribution is 5.70. The molecule has 96 heavy (non-hydrogen) atoms. The van der Waals surface area contributed by atoms with Gasteiger partial charge in [-0.25, -0.2) is 0 Å². The van der Waals surface area contributed by atoms with Crippen molar-refractivity contribution in [2.75, 3.05) is 13.2 Å². The van der Waals surface area contributed by atoms with Gasteiger partial charge in [-0.2, -0.15) is 0 Å². The first-order valence-electron chi connectivity index (χ1n) is 40.0. The predicted octanol–water partition coefficient (Wildman–Crippen LogP) is 28.7. The molecular weight excluding hydrogens is 1170 g/mol. The summed E-state index contributed by atoms with van der Waals surface area (Å²) in [6.07, 6.45) is 132. The van der Waals surface area contributed by atoms with E-state index in [1.54, 1.807) is 0 Å². The van der Waals surface area contributed by atoms with Crippen LogP contribution in [0.2, 0.25) is 0 Å². The van der Waals surface area contributed by atoms with E-state index in [2.05, 4.69) is 208 Å². The van der Waals surface area contributed by atoms with Crippen molar-refractivity contribution in [2.45, 2.75) is 354 Å². The minimum Gasteiger partial charge on any atom is -0.462 e. The molecule has 0 aromatic carbocycles. The lowest BCUT2D eigenvalue weighted by atomic mass is 10.0. The Hall–Kier alpha value is -5.26. The number of aliphatic hydroxyl groups is 1. The summed E-state index contributed by atoms with van der Waals surface area (Å²) in [7, 11) is 0. The second-order valence-electron chi connectivity index (χ2n) is 26.0. The normalized spacial score (nSPS) is 13.3. The van der Waals surface area contributed by atoms with Crippen LogP contribution in [-0.2, 0) is 19.1 Å². The number of carbonyl (C=O) groups excluding carboxylic acids is 2. The molecular formula is C91H148O5. The minimum atomic E-state index is -0.787. The summed E-state index contributed by atoms with van der Waals surface area (Å²) in [4.78, 5) is 24.7. The lowest BCUT2D eigenvalue weighted by Crippen LogP contribution is -2.28. The number of carbonyl (C=O) groups is 2. The fraction of sp³-hybridized carbons (Fsp3) is 0.626. The van der Waals surface area contributed by atoms with E-state index in [9.17, 15) is 14.7 Å². The Morgan fingerprint density at radius 3 is 0.625 bits per heavy atom. The number of ether oxygens (including phenoxy) is 2. The van der Waals surface area contributed by atoms with Crippen molar-refractivity contribution in [2.24, 2.45) is 0 Å². The maximum Gasteiger partial charge on any atom is 0.306 e. The number of hydrogen-bond donors (Lipinski definition) is 1. The first-order valence-corrected chi connectivity index (χ1v) is 40.0. The Labute approximate surface area is 594 Å². The summed E-state index contributed by atoms with van der Waals surface area (Å²) in [6, 6.07) is 0. The third-order valence-electron chi connectivity index (χ3n) is 16.9. The average Bonchev–Trinajstić information content (AvgIpc) is 3.79. The van der Waals surface area contributed by atoms with Gasteiger partial charge in [0, 0.05) is 12.8 Å². The van der Waals surface area contributed by atoms with Gasteiger partial charge in [0.15, 0.2) is 6.10 Å². The Bertz CT molecular complexity index is 2140. The summed E-state index contributed by atoms with van der Waals surface area (Å²) in [6.45, 7) is 3.93. The smallest absolute Gasteiger partial charge is 0.306 e. The number of allylic oxidation sites excluding steroid dienone is 32. The van der Waals surface area contributed by atoms with E-state index >= 15 is 0 Å². The zero-order valence-electron chi connectivity index (χ0n) is 62.3. The molecule has 1 N–H and O–H groups in total. The number of aliphatic hydroxyl groups excluding tert-OH is 1. The molecule has 0 rings (SSSR count). The first-order chi connectivity index (χ1) is 47.6. The minimum absolute atomic E-state index is 0.0734. The van der Waals surface area contributed by atoms with Crippen molar-refractivity contribution in [3.05, 3.63) is 194 Å². The number of hydrogen-bond acceptors (Lipinski definition) is 5. The molecule has 0 spiro atoms. The lowest BCUT2D eigenvalue weighted by Gasteiger charge is -2.15. The molecule has 0 amide bonds. The van der Waals surface area contributed by atoms with Crippen LogP contribution in [0.25, 0.3) is 0 Å². The third kappa shape index (κ3) is 81.2. The molecule has 1 atom stereocenters. The van der Waals surface area contributed by atoms with Gasteiger partial charge in [-0.3, -0.25) is 9.59 Å². The quantitative estimate of drug-likeness (QED) is 0.0373. The molecule has 0 bridgehead atoms. The highest BCUT2D eigenvalue weighted by Crippen LogP contribution is 2.18. The molecule has 5 nitrogen and oxygen atoms in total. The van der Waals surface area contributed by atoms with Crippen molar-refractivity contribution in [3.63, 3.8) is 0 Å². The van der Waals surface area contributed by atoms with Gasteiger partial charge in [-0.15, -0.1) is 0 Å². The van der Waals surface area contributed by atoms with Crippen LogP contribution < -0.4 is 0 Å². The second kappa shape index (κ2) is 84.0. The van der Waals surface area contributed by atoms with Gasteiger partial charge < -0.3 is 14.6 Å². The van der Waals surface area contributed by atoms with Crippen LogP contribution in [0.5, 0.6) is 0 Å². The van der Waals surface area contributed by atoms with Gasteiger partial charge >= 0.3 is 11.9 Å². The Balaban J connectivity index is 3.51. The molecule has 1 unspecified atom stereocenters. The van der Waals surface area contributed by atoms with Gasteiger partial charge in [-0.05, 0) is 141 Å². The Morgan fingerprint density at radius 2 is 0.417 bits per heavy atom. The fourth-order valence-electron chi connectivity index (χ4n) is 11.0. The van der Waals surface area contributed by atoms with E-state index in [-0.39, 0.29) is 25.2 Å². The SMILES string of the molecule is CC/C=C\C/C=C\C/C=C\C/C=C\C/C=C\C/C=C\C/C=C\C/C=C\C/C=C\C/C=C\CCCCCCCCCCCCC(=O)OC(CO)COC(=O)CCCCCCCCCCCCCCCCCCCCCCCC/C=C\C/C=C\C/C=C\C/C=C\C/C=C\C/C=C\CC. The highest BCUT2D eigenvalue weighted by Gasteiger charge is 2.16. The van der Waals surface area contributed by atoms with Gasteiger partial charge in [0.05, 0.1) is 6.61 Å². The van der Waals surface area contributed by atoms with Crippen molar-refractivity contribution in [1.82, 2.24) is 0 Å². The third-order valence-corrected chi connectivity index (χ3v) is 16.9. The summed E-state index contributed by atoms with van der Waals surface area (Å²) in [5.41, 5.74) is 0. The van der Waals surface area contributed by atoms with E-state index in [4.69, 9.17) is 9.47 Å². The average molecular weight is 1320 g/mol. The Kier molecular flexibility index (Phi) is 79.4. The van der Waals surface area contributed by atoms with Gasteiger partial charge in [0.25, 0.3) is 0 Å². The van der Waals surface area contributed by atoms with Crippen molar-refractivity contribution >= 4 is 11.9 Å². The first kappa shape index (κ1) is 90.7. The van der Waals surface area contributed by atoms with Crippen LogP contribution in [0.4, 0.5) is 0 Å². The molecule has 0 saturated carbocycles. The van der Waals surface area contributed by atoms with Crippen molar-refractivity contribution < 1.29 is 24.2 Å². The molecule has 0 radical (unpaired) electrons. The van der Waals surface area contributed by atoms with Crippen LogP contribution in [-0.4, -0.2) is 36.4 Å². The molecule has 542 valence electrons. The second-order valence-corrected chi connectivity index (χ2v) is 26.0. The zero-order chi connectivity index (χ0) is 69.0. The largest absolute Gasteiger partial charge is 0.462 e. The monoisotopic (exact) mass is 1320 g/mol. The van der Waals surface area contributed by atoms with E-state index < -0.39 is 6.10 Å². The highest BCUT2D eigenvalue weighted by atomic mass is 16.6. The zero-order valence-corrected chi connectivity index (χ0v) is 62.3. The molecule has 0 aliphatic carbocycles. The Morgan fingerprint density at radius 1 is 0.240 bits per heavy atom. The molecule has 0 fully saturated rings. The van der Waals surface area contributed by atoms with Gasteiger partial charge in [-0.1, -0.05) is 388 Å². The number of unbranched alkanes of at least 4 members (excludes halogenated alkanes) is 32. The van der Waals surface area contributed by atoms with Crippen LogP contribution in [0, 0.1) is 0 Å². The fourth-order valence-corrected chi connectivity index (χ4v) is 11.0. The molecule has 0 saturated heterocycles. The molecule has 0 heterocycles. The maximum atomic E-state index is 12.4. The van der Waals surface area contributed by atoms with Gasteiger partial charge in [0.1, 0.15) is 6.61 Å². The summed E-state index contributed by atoms with van der Waals surface area (Å²) in [5.74, 6) is -0.592. The van der Waals surface area contributed by atoms with Crippen LogP contribution >= 0.6 is 0 Å². The van der Waals surface area contributed by atoms with Crippen LogP contribution in [0.3, 0.4) is 0 Å². The number of esters is 2. The molecule has 0 aromatic heterocycles. The molecule has 0 aromatic rings. The van der Waals surface area contributed by atoms with E-state index in [1.165, 1.54) is 180 Å². The summed E-state index contributed by atoms with van der Waals surface area (Å²) >= 11 is 0. The van der Waals surface area contributed by atoms with Crippen molar-refractivity contribution in [1.29, 1.82) is 0 Å². The molecule has 5 heteroatoms. The molecule has 0 aliphatic rings.